The Hall–Kier alpha value is -1.69. The molecular weight excluding hydrogens is 430 g/mol. The van der Waals surface area contributed by atoms with Crippen molar-refractivity contribution >= 4 is 11.9 Å². The number of rotatable bonds is 7. The van der Waals surface area contributed by atoms with Crippen molar-refractivity contribution in [2.24, 2.45) is 28.9 Å². The van der Waals surface area contributed by atoms with Crippen molar-refractivity contribution in [3.63, 3.8) is 0 Å². The second kappa shape index (κ2) is 7.41. The summed E-state index contributed by atoms with van der Waals surface area (Å²) in [5.41, 5.74) is 5.79. The third-order valence-corrected chi connectivity index (χ3v) is 10.4. The number of nitrogens with zero attached hydrogens (tertiary/aromatic N) is 3. The molecule has 0 spiro atoms. The number of nitriles is 1. The van der Waals surface area contributed by atoms with E-state index in [-0.39, 0.29) is 41.0 Å². The summed E-state index contributed by atoms with van der Waals surface area (Å²) in [5, 5.41) is 13.0. The molecule has 7 rings (SSSR count). The molecule has 7 aliphatic rings. The van der Waals surface area contributed by atoms with Gasteiger partial charge in [0.15, 0.2) is 0 Å². The van der Waals surface area contributed by atoms with Gasteiger partial charge in [0.1, 0.15) is 17.7 Å². The zero-order chi connectivity index (χ0) is 24.0. The average molecular weight is 470 g/mol. The molecule has 1 aliphatic heterocycles. The summed E-state index contributed by atoms with van der Waals surface area (Å²) < 4.78 is 6.50. The van der Waals surface area contributed by atoms with Gasteiger partial charge >= 0.3 is 5.97 Å². The Kier molecular flexibility index (Phi) is 4.96. The molecule has 8 heteroatoms. The van der Waals surface area contributed by atoms with E-state index in [1.165, 1.54) is 0 Å². The van der Waals surface area contributed by atoms with Crippen LogP contribution in [0.1, 0.15) is 64.2 Å². The van der Waals surface area contributed by atoms with Crippen LogP contribution in [-0.2, 0) is 14.3 Å². The van der Waals surface area contributed by atoms with Crippen LogP contribution in [0.2, 0.25) is 0 Å². The molecule has 1 amide bonds. The summed E-state index contributed by atoms with van der Waals surface area (Å²) in [4.78, 5) is 31.1. The maximum absolute atomic E-state index is 13.7. The first-order valence-corrected chi connectivity index (χ1v) is 13.2. The molecule has 6 saturated carbocycles. The Morgan fingerprint density at radius 1 is 1.15 bits per heavy atom. The molecule has 0 aromatic carbocycles. The topological polar surface area (TPSA) is 112 Å². The average Bonchev–Trinajstić information content (AvgIpc) is 3.68. The number of hydrogen-bond acceptors (Lipinski definition) is 7. The van der Waals surface area contributed by atoms with Crippen LogP contribution in [0.4, 0.5) is 0 Å². The number of carbonyl (C=O) groups is 2. The molecule has 0 radical (unpaired) electrons. The lowest BCUT2D eigenvalue weighted by atomic mass is 9.46. The molecular formula is C26H39N5O3. The van der Waals surface area contributed by atoms with E-state index in [0.717, 1.165) is 57.8 Å². The highest BCUT2D eigenvalue weighted by Crippen LogP contribution is 2.64. The van der Waals surface area contributed by atoms with Crippen molar-refractivity contribution in [1.82, 2.24) is 15.1 Å². The zero-order valence-electron chi connectivity index (χ0n) is 20.8. The maximum atomic E-state index is 13.7. The Bertz CT molecular complexity index is 925. The molecule has 7 fully saturated rings. The van der Waals surface area contributed by atoms with Gasteiger partial charge in [-0.2, -0.15) is 5.26 Å². The van der Waals surface area contributed by atoms with E-state index >= 15 is 0 Å². The number of carbonyl (C=O) groups excluding carboxylic acids is 2. The van der Waals surface area contributed by atoms with Crippen LogP contribution >= 0.6 is 0 Å². The molecule has 3 N–H and O–H groups in total. The summed E-state index contributed by atoms with van der Waals surface area (Å²) in [5.74, 6) is 1.19. The smallest absolute Gasteiger partial charge is 0.325 e. The predicted molar refractivity (Wildman–Crippen MR) is 125 cm³/mol. The number of piperidine rings is 1. The third kappa shape index (κ3) is 3.26. The van der Waals surface area contributed by atoms with Gasteiger partial charge in [-0.3, -0.25) is 14.5 Å². The number of likely N-dealkylation sites (tertiary alicyclic amines) is 1. The fourth-order valence-corrected chi connectivity index (χ4v) is 9.04. The lowest BCUT2D eigenvalue weighted by molar-refractivity contribution is -0.210. The lowest BCUT2D eigenvalue weighted by Gasteiger charge is -2.62. The number of hydrogen-bond donors (Lipinski definition) is 2. The van der Waals surface area contributed by atoms with Gasteiger partial charge in [-0.1, -0.05) is 0 Å². The Balaban J connectivity index is 1.24. The summed E-state index contributed by atoms with van der Waals surface area (Å²) in [6.07, 6.45) is 9.22. The maximum Gasteiger partial charge on any atom is 0.325 e. The minimum absolute atomic E-state index is 0.0433. The van der Waals surface area contributed by atoms with Gasteiger partial charge in [0, 0.05) is 11.6 Å². The Morgan fingerprint density at radius 3 is 2.38 bits per heavy atom. The molecule has 1 heterocycles. The van der Waals surface area contributed by atoms with Crippen molar-refractivity contribution in [3.05, 3.63) is 0 Å². The third-order valence-electron chi connectivity index (χ3n) is 10.4. The van der Waals surface area contributed by atoms with E-state index in [1.54, 1.807) is 0 Å². The summed E-state index contributed by atoms with van der Waals surface area (Å²) in [6, 6.07) is 1.28. The number of nitrogens with one attached hydrogen (secondary N) is 1. The van der Waals surface area contributed by atoms with Crippen molar-refractivity contribution in [2.75, 3.05) is 21.1 Å². The monoisotopic (exact) mass is 469 g/mol. The normalized spacial score (nSPS) is 44.4. The first kappa shape index (κ1) is 22.8. The number of likely N-dealkylation sites (N-methyl/N-ethyl adjacent to an activating group) is 2. The van der Waals surface area contributed by atoms with E-state index in [9.17, 15) is 14.9 Å². The summed E-state index contributed by atoms with van der Waals surface area (Å²) in [7, 11) is 5.83. The molecule has 4 bridgehead atoms. The molecule has 6 aliphatic carbocycles. The first-order valence-electron chi connectivity index (χ1n) is 13.2. The van der Waals surface area contributed by atoms with Gasteiger partial charge in [-0.25, -0.2) is 0 Å². The number of ether oxygens (including phenoxy) is 1. The quantitative estimate of drug-likeness (QED) is 0.542. The van der Waals surface area contributed by atoms with Gasteiger partial charge in [-0.15, -0.1) is 0 Å². The van der Waals surface area contributed by atoms with Gasteiger partial charge in [0.05, 0.1) is 12.1 Å². The highest BCUT2D eigenvalue weighted by molar-refractivity contribution is 5.84. The van der Waals surface area contributed by atoms with Crippen LogP contribution in [-0.4, -0.2) is 78.1 Å². The van der Waals surface area contributed by atoms with Crippen molar-refractivity contribution in [1.29, 1.82) is 5.26 Å². The predicted octanol–water partition coefficient (Wildman–Crippen LogP) is 1.39. The largest absolute Gasteiger partial charge is 0.458 e. The minimum Gasteiger partial charge on any atom is -0.458 e. The number of fused-ring (bicyclic) bond motifs is 1. The van der Waals surface area contributed by atoms with E-state index in [2.05, 4.69) is 11.4 Å². The SMILES string of the molecule is CNC1(C(C(=O)OC23CC4CC(C2)CC(C(N)C(=O)N2C(C#N)CC5CC52)(C4)C3)N(C)C)CC1. The van der Waals surface area contributed by atoms with Crippen molar-refractivity contribution in [3.8, 4) is 6.07 Å². The molecule has 7 atom stereocenters. The fourth-order valence-electron chi connectivity index (χ4n) is 9.04. The van der Waals surface area contributed by atoms with E-state index in [0.29, 0.717) is 24.2 Å². The fraction of sp³-hybridized carbons (Fsp3) is 0.885. The lowest BCUT2D eigenvalue weighted by Crippen LogP contribution is -2.66. The number of amides is 1. The highest BCUT2D eigenvalue weighted by atomic mass is 16.6. The number of esters is 1. The number of nitrogens with two attached hydrogens (primary N) is 1. The van der Waals surface area contributed by atoms with Crippen LogP contribution in [0.5, 0.6) is 0 Å². The van der Waals surface area contributed by atoms with Gasteiger partial charge < -0.3 is 20.7 Å². The highest BCUT2D eigenvalue weighted by Gasteiger charge is 2.65. The second-order valence-electron chi connectivity index (χ2n) is 12.9. The van der Waals surface area contributed by atoms with E-state index < -0.39 is 11.6 Å². The Labute approximate surface area is 202 Å². The van der Waals surface area contributed by atoms with Crippen LogP contribution in [0.3, 0.4) is 0 Å². The van der Waals surface area contributed by atoms with Gasteiger partial charge in [0.2, 0.25) is 5.91 Å². The standard InChI is InChI=1S/C26H39N5O3/c1-29-26(4-5-26)21(30(2)3)23(33)34-25-11-15-6-16(12-25)10-24(9-15,14-25)20(28)22(32)31-18(13-27)7-17-8-19(17)31/h15-21,29H,4-12,14,28H2,1-3H3. The van der Waals surface area contributed by atoms with Crippen molar-refractivity contribution < 1.29 is 14.3 Å². The molecule has 0 aromatic rings. The molecule has 8 nitrogen and oxygen atoms in total. The molecule has 34 heavy (non-hydrogen) atoms. The van der Waals surface area contributed by atoms with Gasteiger partial charge in [-0.05, 0) is 109 Å². The minimum atomic E-state index is -0.622. The van der Waals surface area contributed by atoms with E-state index in [1.807, 2.05) is 30.9 Å². The van der Waals surface area contributed by atoms with Crippen LogP contribution in [0.25, 0.3) is 0 Å². The second-order valence-corrected chi connectivity index (χ2v) is 12.9. The molecule has 0 aromatic heterocycles. The summed E-state index contributed by atoms with van der Waals surface area (Å²) >= 11 is 0. The van der Waals surface area contributed by atoms with Gasteiger partial charge in [0.25, 0.3) is 0 Å². The summed E-state index contributed by atoms with van der Waals surface area (Å²) in [6.45, 7) is 0. The molecule has 186 valence electrons. The molecule has 7 unspecified atom stereocenters. The van der Waals surface area contributed by atoms with E-state index in [4.69, 9.17) is 10.5 Å². The Morgan fingerprint density at radius 2 is 1.82 bits per heavy atom. The van der Waals surface area contributed by atoms with Crippen LogP contribution in [0.15, 0.2) is 0 Å². The van der Waals surface area contributed by atoms with Crippen molar-refractivity contribution in [2.45, 2.75) is 99.5 Å². The molecule has 1 saturated heterocycles. The van der Waals surface area contributed by atoms with Crippen LogP contribution < -0.4 is 11.1 Å². The van der Waals surface area contributed by atoms with Crippen LogP contribution in [0, 0.1) is 34.5 Å². The first-order chi connectivity index (χ1) is 16.1. The zero-order valence-corrected chi connectivity index (χ0v) is 20.8.